The van der Waals surface area contributed by atoms with Gasteiger partial charge < -0.3 is 20.1 Å². The molecule has 0 radical (unpaired) electrons. The van der Waals surface area contributed by atoms with E-state index in [1.54, 1.807) is 12.1 Å². The average Bonchev–Trinajstić information content (AvgIpc) is 2.83. The molecule has 2 rings (SSSR count). The van der Waals surface area contributed by atoms with Crippen molar-refractivity contribution in [2.45, 2.75) is 45.2 Å². The average molecular weight is 508 g/mol. The van der Waals surface area contributed by atoms with Crippen molar-refractivity contribution in [3.63, 3.8) is 0 Å². The molecule has 0 saturated carbocycles. The van der Waals surface area contributed by atoms with Crippen molar-refractivity contribution in [3.05, 3.63) is 59.7 Å². The summed E-state index contributed by atoms with van der Waals surface area (Å²) in [7, 11) is 0. The Morgan fingerprint density at radius 1 is 0.833 bits per heavy atom. The summed E-state index contributed by atoms with van der Waals surface area (Å²) in [5, 5.41) is 4.86. The van der Waals surface area contributed by atoms with Crippen LogP contribution in [0.4, 0.5) is 24.5 Å². The first kappa shape index (κ1) is 28.3. The zero-order valence-electron chi connectivity index (χ0n) is 19.7. The van der Waals surface area contributed by atoms with E-state index in [0.29, 0.717) is 17.9 Å². The number of esters is 2. The Morgan fingerprint density at radius 2 is 1.53 bits per heavy atom. The quantitative estimate of drug-likeness (QED) is 0.310. The van der Waals surface area contributed by atoms with Gasteiger partial charge in [0.05, 0.1) is 17.7 Å². The standard InChI is InChI=1S/C25H27F3N2O6/c1-2-3-14-35-24(34)17-10-12-19(13-11-17)29-21(31)8-5-9-23(33)36-16-22(32)30-20-7-4-6-18(15-20)25(26,27)28/h4,6-7,10-13,15H,2-3,5,8-9,14,16H2,1H3,(H,29,31)(H,30,32). The van der Waals surface area contributed by atoms with Crippen LogP contribution in [0.2, 0.25) is 0 Å². The third-order valence-electron chi connectivity index (χ3n) is 4.76. The number of benzene rings is 2. The molecule has 0 unspecified atom stereocenters. The third-order valence-corrected chi connectivity index (χ3v) is 4.76. The molecule has 2 aromatic carbocycles. The van der Waals surface area contributed by atoms with Gasteiger partial charge in [-0.05, 0) is 55.3 Å². The molecule has 8 nitrogen and oxygen atoms in total. The largest absolute Gasteiger partial charge is 0.462 e. The number of hydrogen-bond acceptors (Lipinski definition) is 6. The number of anilines is 2. The number of amides is 2. The van der Waals surface area contributed by atoms with E-state index < -0.39 is 36.2 Å². The summed E-state index contributed by atoms with van der Waals surface area (Å²) in [5.74, 6) is -2.32. The fourth-order valence-electron chi connectivity index (χ4n) is 2.89. The summed E-state index contributed by atoms with van der Waals surface area (Å²) in [5.41, 5.74) is -0.164. The van der Waals surface area contributed by atoms with Crippen LogP contribution in [-0.2, 0) is 30.0 Å². The van der Waals surface area contributed by atoms with Gasteiger partial charge in [0.1, 0.15) is 0 Å². The zero-order chi connectivity index (χ0) is 26.6. The van der Waals surface area contributed by atoms with Gasteiger partial charge in [0, 0.05) is 24.2 Å². The van der Waals surface area contributed by atoms with Crippen molar-refractivity contribution in [1.82, 2.24) is 0 Å². The summed E-state index contributed by atoms with van der Waals surface area (Å²) in [6.07, 6.45) is -2.83. The van der Waals surface area contributed by atoms with E-state index in [9.17, 15) is 32.3 Å². The number of alkyl halides is 3. The van der Waals surface area contributed by atoms with Crippen LogP contribution >= 0.6 is 0 Å². The number of rotatable bonds is 12. The predicted octanol–water partition coefficient (Wildman–Crippen LogP) is 4.95. The molecule has 0 atom stereocenters. The number of nitrogens with one attached hydrogen (secondary N) is 2. The van der Waals surface area contributed by atoms with Gasteiger partial charge >= 0.3 is 18.1 Å². The van der Waals surface area contributed by atoms with Crippen LogP contribution in [-0.4, -0.2) is 37.0 Å². The van der Waals surface area contributed by atoms with Crippen LogP contribution in [0, 0.1) is 0 Å². The molecule has 2 amide bonds. The summed E-state index contributed by atoms with van der Waals surface area (Å²) < 4.78 is 48.1. The second kappa shape index (κ2) is 13.9. The normalized spacial score (nSPS) is 10.9. The third kappa shape index (κ3) is 10.2. The molecule has 0 bridgehead atoms. The fourth-order valence-corrected chi connectivity index (χ4v) is 2.89. The molecule has 2 N–H and O–H groups in total. The van der Waals surface area contributed by atoms with Crippen LogP contribution < -0.4 is 10.6 Å². The molecule has 11 heteroatoms. The SMILES string of the molecule is CCCCOC(=O)c1ccc(NC(=O)CCCC(=O)OCC(=O)Nc2cccc(C(F)(F)F)c2)cc1. The molecule has 0 aliphatic heterocycles. The lowest BCUT2D eigenvalue weighted by Crippen LogP contribution is -2.21. The van der Waals surface area contributed by atoms with Gasteiger partial charge in [-0.25, -0.2) is 4.79 Å². The molecule has 0 heterocycles. The summed E-state index contributed by atoms with van der Waals surface area (Å²) in [4.78, 5) is 47.6. The minimum Gasteiger partial charge on any atom is -0.462 e. The molecule has 2 aromatic rings. The first-order valence-corrected chi connectivity index (χ1v) is 11.3. The van der Waals surface area contributed by atoms with Crippen LogP contribution in [0.1, 0.15) is 54.9 Å². The maximum absolute atomic E-state index is 12.7. The van der Waals surface area contributed by atoms with Crippen molar-refractivity contribution in [1.29, 1.82) is 0 Å². The highest BCUT2D eigenvalue weighted by Gasteiger charge is 2.30. The predicted molar refractivity (Wildman–Crippen MR) is 125 cm³/mol. The van der Waals surface area contributed by atoms with Gasteiger partial charge in [-0.15, -0.1) is 0 Å². The van der Waals surface area contributed by atoms with Crippen LogP contribution in [0.15, 0.2) is 48.5 Å². The topological polar surface area (TPSA) is 111 Å². The smallest absolute Gasteiger partial charge is 0.416 e. The lowest BCUT2D eigenvalue weighted by molar-refractivity contribution is -0.147. The zero-order valence-corrected chi connectivity index (χ0v) is 19.7. The molecule has 0 saturated heterocycles. The highest BCUT2D eigenvalue weighted by Crippen LogP contribution is 2.30. The van der Waals surface area contributed by atoms with Gasteiger partial charge in [-0.2, -0.15) is 13.2 Å². The number of hydrogen-bond donors (Lipinski definition) is 2. The van der Waals surface area contributed by atoms with Crippen molar-refractivity contribution in [2.75, 3.05) is 23.8 Å². The Morgan fingerprint density at radius 3 is 2.19 bits per heavy atom. The highest BCUT2D eigenvalue weighted by atomic mass is 19.4. The second-order valence-electron chi connectivity index (χ2n) is 7.76. The molecule has 0 spiro atoms. The van der Waals surface area contributed by atoms with E-state index >= 15 is 0 Å². The first-order chi connectivity index (χ1) is 17.1. The number of ether oxygens (including phenoxy) is 2. The molecular weight excluding hydrogens is 481 g/mol. The Kier molecular flexibility index (Phi) is 10.9. The molecular formula is C25H27F3N2O6. The van der Waals surface area contributed by atoms with E-state index in [-0.39, 0.29) is 30.9 Å². The maximum Gasteiger partial charge on any atom is 0.416 e. The summed E-state index contributed by atoms with van der Waals surface area (Å²) >= 11 is 0. The van der Waals surface area contributed by atoms with Gasteiger partial charge in [0.25, 0.3) is 5.91 Å². The van der Waals surface area contributed by atoms with Gasteiger partial charge in [-0.3, -0.25) is 14.4 Å². The van der Waals surface area contributed by atoms with Crippen molar-refractivity contribution in [3.8, 4) is 0 Å². The second-order valence-corrected chi connectivity index (χ2v) is 7.76. The Bertz CT molecular complexity index is 1050. The minimum atomic E-state index is -4.55. The van der Waals surface area contributed by atoms with Gasteiger partial charge in [0.15, 0.2) is 6.61 Å². The highest BCUT2D eigenvalue weighted by molar-refractivity contribution is 5.94. The van der Waals surface area contributed by atoms with E-state index in [0.717, 1.165) is 31.0 Å². The van der Waals surface area contributed by atoms with Crippen molar-refractivity contribution in [2.24, 2.45) is 0 Å². The molecule has 0 aromatic heterocycles. The number of halogens is 3. The Balaban J connectivity index is 1.66. The lowest BCUT2D eigenvalue weighted by atomic mass is 10.2. The van der Waals surface area contributed by atoms with Crippen LogP contribution in [0.5, 0.6) is 0 Å². The van der Waals surface area contributed by atoms with E-state index in [1.807, 2.05) is 6.92 Å². The van der Waals surface area contributed by atoms with E-state index in [2.05, 4.69) is 10.6 Å². The monoisotopic (exact) mass is 508 g/mol. The molecule has 0 aliphatic carbocycles. The molecule has 0 fully saturated rings. The van der Waals surface area contributed by atoms with E-state index in [4.69, 9.17) is 9.47 Å². The maximum atomic E-state index is 12.7. The van der Waals surface area contributed by atoms with Crippen molar-refractivity contribution < 1.29 is 41.8 Å². The summed E-state index contributed by atoms with van der Waals surface area (Å²) in [6, 6.07) is 10.2. The number of carbonyl (C=O) groups is 4. The van der Waals surface area contributed by atoms with Crippen LogP contribution in [0.25, 0.3) is 0 Å². The lowest BCUT2D eigenvalue weighted by Gasteiger charge is -2.10. The molecule has 0 aliphatic rings. The Labute approximate surface area is 206 Å². The van der Waals surface area contributed by atoms with Gasteiger partial charge in [0.2, 0.25) is 5.91 Å². The Hall–Kier alpha value is -3.89. The summed E-state index contributed by atoms with van der Waals surface area (Å²) in [6.45, 7) is 1.66. The van der Waals surface area contributed by atoms with Crippen LogP contribution in [0.3, 0.4) is 0 Å². The molecule has 36 heavy (non-hydrogen) atoms. The fraction of sp³-hybridized carbons (Fsp3) is 0.360. The number of unbranched alkanes of at least 4 members (excludes halogenated alkanes) is 1. The van der Waals surface area contributed by atoms with Gasteiger partial charge in [-0.1, -0.05) is 19.4 Å². The molecule has 194 valence electrons. The number of carbonyl (C=O) groups excluding carboxylic acids is 4. The van der Waals surface area contributed by atoms with Crippen molar-refractivity contribution >= 4 is 35.1 Å². The van der Waals surface area contributed by atoms with E-state index in [1.165, 1.54) is 18.2 Å². The first-order valence-electron chi connectivity index (χ1n) is 11.3. The minimum absolute atomic E-state index is 0.00629.